The molecule has 4 nitrogen and oxygen atoms in total. The van der Waals surface area contributed by atoms with Gasteiger partial charge in [0.25, 0.3) is 0 Å². The minimum atomic E-state index is -0.195. The van der Waals surface area contributed by atoms with Gasteiger partial charge in [0.15, 0.2) is 11.5 Å². The first-order valence-electron chi connectivity index (χ1n) is 9.41. The molecular formula is C21H28O4. The number of methoxy groups -OCH3 is 2. The van der Waals surface area contributed by atoms with Crippen LogP contribution in [0.1, 0.15) is 49.7 Å². The molecule has 0 N–H and O–H groups in total. The molecule has 4 aliphatic carbocycles. The van der Waals surface area contributed by atoms with Gasteiger partial charge < -0.3 is 14.2 Å². The summed E-state index contributed by atoms with van der Waals surface area (Å²) in [5, 5.41) is 0. The lowest BCUT2D eigenvalue weighted by atomic mass is 9.49. The Bertz CT molecular complexity index is 643. The van der Waals surface area contributed by atoms with E-state index in [4.69, 9.17) is 14.2 Å². The molecule has 136 valence electrons. The molecule has 0 spiro atoms. The third-order valence-corrected chi connectivity index (χ3v) is 6.67. The van der Waals surface area contributed by atoms with E-state index < -0.39 is 0 Å². The van der Waals surface area contributed by atoms with Gasteiger partial charge in [-0.15, -0.1) is 0 Å². The smallest absolute Gasteiger partial charge is 0.312 e. The number of hydrogen-bond acceptors (Lipinski definition) is 4. The zero-order chi connectivity index (χ0) is 17.6. The molecule has 0 amide bonds. The maximum atomic E-state index is 13.0. The Balaban J connectivity index is 1.47. The van der Waals surface area contributed by atoms with Crippen molar-refractivity contribution in [3.63, 3.8) is 0 Å². The summed E-state index contributed by atoms with van der Waals surface area (Å²) in [6, 6.07) is 3.86. The van der Waals surface area contributed by atoms with Crippen LogP contribution in [0, 0.1) is 30.1 Å². The average Bonchev–Trinajstić information content (AvgIpc) is 2.58. The van der Waals surface area contributed by atoms with E-state index in [0.717, 1.165) is 48.1 Å². The number of hydrogen-bond donors (Lipinski definition) is 0. The third-order valence-electron chi connectivity index (χ3n) is 6.67. The quantitative estimate of drug-likeness (QED) is 0.748. The van der Waals surface area contributed by atoms with E-state index >= 15 is 0 Å². The van der Waals surface area contributed by atoms with E-state index in [1.807, 2.05) is 19.1 Å². The molecule has 4 heteroatoms. The number of ether oxygens (including phenoxy) is 3. The summed E-state index contributed by atoms with van der Waals surface area (Å²) in [6.45, 7) is 2.32. The lowest BCUT2D eigenvalue weighted by Crippen LogP contribution is -2.50. The lowest BCUT2D eigenvalue weighted by molar-refractivity contribution is -0.173. The van der Waals surface area contributed by atoms with Crippen molar-refractivity contribution in [2.24, 2.45) is 23.2 Å². The molecule has 1 aromatic carbocycles. The lowest BCUT2D eigenvalue weighted by Gasteiger charge is -2.55. The van der Waals surface area contributed by atoms with Crippen LogP contribution < -0.4 is 9.47 Å². The molecular weight excluding hydrogens is 316 g/mol. The largest absolute Gasteiger partial charge is 0.493 e. The summed E-state index contributed by atoms with van der Waals surface area (Å²) in [5.74, 6) is 3.66. The summed E-state index contributed by atoms with van der Waals surface area (Å²) >= 11 is 0. The van der Waals surface area contributed by atoms with Crippen LogP contribution in [0.4, 0.5) is 0 Å². The van der Waals surface area contributed by atoms with Crippen molar-refractivity contribution >= 4 is 5.97 Å². The van der Waals surface area contributed by atoms with Crippen molar-refractivity contribution < 1.29 is 19.0 Å². The highest BCUT2D eigenvalue weighted by Crippen LogP contribution is 2.60. The predicted octanol–water partition coefficient (Wildman–Crippen LogP) is 4.27. The van der Waals surface area contributed by atoms with E-state index in [2.05, 4.69) is 0 Å². The molecule has 4 aliphatic rings. The summed E-state index contributed by atoms with van der Waals surface area (Å²) in [6.07, 6.45) is 7.14. The fourth-order valence-corrected chi connectivity index (χ4v) is 5.84. The molecule has 1 aromatic rings. The first-order chi connectivity index (χ1) is 12.0. The van der Waals surface area contributed by atoms with Crippen LogP contribution in [0.3, 0.4) is 0 Å². The monoisotopic (exact) mass is 344 g/mol. The Hall–Kier alpha value is -1.71. The van der Waals surface area contributed by atoms with Gasteiger partial charge in [-0.1, -0.05) is 0 Å². The Morgan fingerprint density at radius 2 is 1.52 bits per heavy atom. The number of benzene rings is 1. The second-order valence-corrected chi connectivity index (χ2v) is 8.41. The molecule has 4 bridgehead atoms. The molecule has 25 heavy (non-hydrogen) atoms. The summed E-state index contributed by atoms with van der Waals surface area (Å²) in [4.78, 5) is 13.0. The van der Waals surface area contributed by atoms with Gasteiger partial charge in [0, 0.05) is 0 Å². The molecule has 0 radical (unpaired) electrons. The van der Waals surface area contributed by atoms with Gasteiger partial charge in [-0.3, -0.25) is 4.79 Å². The van der Waals surface area contributed by atoms with Gasteiger partial charge >= 0.3 is 5.97 Å². The van der Waals surface area contributed by atoms with Crippen LogP contribution in [0.2, 0.25) is 0 Å². The van der Waals surface area contributed by atoms with Crippen molar-refractivity contribution in [1.29, 1.82) is 0 Å². The van der Waals surface area contributed by atoms with Crippen LogP contribution in [0.15, 0.2) is 12.1 Å². The zero-order valence-corrected chi connectivity index (χ0v) is 15.5. The van der Waals surface area contributed by atoms with Gasteiger partial charge in [0.05, 0.1) is 19.6 Å². The first kappa shape index (κ1) is 16.7. The first-order valence-corrected chi connectivity index (χ1v) is 9.41. The highest BCUT2D eigenvalue weighted by molar-refractivity contribution is 5.77. The molecule has 0 aromatic heterocycles. The molecule has 5 rings (SSSR count). The maximum absolute atomic E-state index is 13.0. The van der Waals surface area contributed by atoms with Crippen LogP contribution >= 0.6 is 0 Å². The fraction of sp³-hybridized carbons (Fsp3) is 0.667. The van der Waals surface area contributed by atoms with Crippen molar-refractivity contribution in [3.05, 3.63) is 23.3 Å². The van der Waals surface area contributed by atoms with E-state index in [1.165, 1.54) is 19.3 Å². The highest BCUT2D eigenvalue weighted by Gasteiger charge is 2.55. The number of carbonyl (C=O) groups is 1. The predicted molar refractivity (Wildman–Crippen MR) is 94.7 cm³/mol. The van der Waals surface area contributed by atoms with Crippen LogP contribution in [-0.2, 0) is 16.1 Å². The highest BCUT2D eigenvalue weighted by atomic mass is 16.5. The average molecular weight is 344 g/mol. The Morgan fingerprint density at radius 3 is 2.04 bits per heavy atom. The van der Waals surface area contributed by atoms with Gasteiger partial charge in [-0.25, -0.2) is 0 Å². The topological polar surface area (TPSA) is 44.8 Å². The fourth-order valence-electron chi connectivity index (χ4n) is 5.84. The van der Waals surface area contributed by atoms with Gasteiger partial charge in [-0.05, 0) is 86.5 Å². The molecule has 4 saturated carbocycles. The van der Waals surface area contributed by atoms with E-state index in [9.17, 15) is 4.79 Å². The van der Waals surface area contributed by atoms with Crippen molar-refractivity contribution in [3.8, 4) is 11.5 Å². The Kier molecular flexibility index (Phi) is 4.17. The SMILES string of the molecule is COc1cc(C)c(COC(=O)C23CC4CC(CC(C4)C2)C3)cc1OC. The van der Waals surface area contributed by atoms with Crippen LogP contribution in [0.5, 0.6) is 11.5 Å². The molecule has 0 aliphatic heterocycles. The standard InChI is InChI=1S/C21H28O4/c1-13-4-18(23-2)19(24-3)8-17(13)12-25-20(22)21-9-14-5-15(10-21)7-16(6-14)11-21/h4,8,14-16H,5-7,9-12H2,1-3H3. The van der Waals surface area contributed by atoms with Gasteiger partial charge in [0.2, 0.25) is 0 Å². The minimum Gasteiger partial charge on any atom is -0.493 e. The number of aryl methyl sites for hydroxylation is 1. The Morgan fingerprint density at radius 1 is 1.00 bits per heavy atom. The maximum Gasteiger partial charge on any atom is 0.312 e. The summed E-state index contributed by atoms with van der Waals surface area (Å²) in [5.41, 5.74) is 1.84. The van der Waals surface area contributed by atoms with Crippen molar-refractivity contribution in [2.75, 3.05) is 14.2 Å². The van der Waals surface area contributed by atoms with E-state index in [0.29, 0.717) is 18.1 Å². The van der Waals surface area contributed by atoms with Crippen LogP contribution in [0.25, 0.3) is 0 Å². The summed E-state index contributed by atoms with van der Waals surface area (Å²) in [7, 11) is 3.25. The van der Waals surface area contributed by atoms with E-state index in [-0.39, 0.29) is 11.4 Å². The molecule has 0 atom stereocenters. The number of esters is 1. The molecule has 4 fully saturated rings. The number of carbonyl (C=O) groups excluding carboxylic acids is 1. The van der Waals surface area contributed by atoms with Crippen molar-refractivity contribution in [1.82, 2.24) is 0 Å². The van der Waals surface area contributed by atoms with Gasteiger partial charge in [0.1, 0.15) is 6.61 Å². The second-order valence-electron chi connectivity index (χ2n) is 8.41. The van der Waals surface area contributed by atoms with Crippen LogP contribution in [-0.4, -0.2) is 20.2 Å². The Labute approximate surface area is 149 Å². The minimum absolute atomic E-state index is 0.0285. The molecule has 0 unspecified atom stereocenters. The summed E-state index contributed by atoms with van der Waals surface area (Å²) < 4.78 is 16.5. The number of rotatable bonds is 5. The van der Waals surface area contributed by atoms with E-state index in [1.54, 1.807) is 14.2 Å². The normalized spacial score (nSPS) is 32.5. The second kappa shape index (κ2) is 6.22. The van der Waals surface area contributed by atoms with Gasteiger partial charge in [-0.2, -0.15) is 0 Å². The zero-order valence-electron chi connectivity index (χ0n) is 15.5. The molecule has 0 saturated heterocycles. The van der Waals surface area contributed by atoms with Crippen molar-refractivity contribution in [2.45, 2.75) is 52.1 Å². The third kappa shape index (κ3) is 2.90. The molecule has 0 heterocycles.